The van der Waals surface area contributed by atoms with E-state index in [0.29, 0.717) is 19.2 Å². The summed E-state index contributed by atoms with van der Waals surface area (Å²) in [6, 6.07) is 0.350. The van der Waals surface area contributed by atoms with Crippen LogP contribution in [0.3, 0.4) is 0 Å². The van der Waals surface area contributed by atoms with Gasteiger partial charge >= 0.3 is 5.97 Å². The molecule has 0 rings (SSSR count). The van der Waals surface area contributed by atoms with Gasteiger partial charge in [-0.1, -0.05) is 0 Å². The smallest absolute Gasteiger partial charge is 0.304 e. The van der Waals surface area contributed by atoms with Crippen molar-refractivity contribution in [2.75, 3.05) is 19.7 Å². The lowest BCUT2D eigenvalue weighted by Gasteiger charge is -2.28. The van der Waals surface area contributed by atoms with Crippen LogP contribution in [0.2, 0.25) is 0 Å². The van der Waals surface area contributed by atoms with E-state index in [-0.39, 0.29) is 12.0 Å². The monoisotopic (exact) mass is 231 g/mol. The Morgan fingerprint density at radius 3 is 2.25 bits per heavy atom. The average molecular weight is 231 g/mol. The molecule has 0 aromatic heterocycles. The zero-order valence-electron chi connectivity index (χ0n) is 11.1. The van der Waals surface area contributed by atoms with Gasteiger partial charge in [0.1, 0.15) is 0 Å². The molecule has 0 spiro atoms. The van der Waals surface area contributed by atoms with Gasteiger partial charge in [-0.15, -0.1) is 0 Å². The van der Waals surface area contributed by atoms with Gasteiger partial charge in [-0.3, -0.25) is 9.69 Å². The fraction of sp³-hybridized carbons (Fsp3) is 0.917. The molecule has 4 nitrogen and oxygen atoms in total. The molecule has 0 aromatic rings. The Labute approximate surface area is 98.6 Å². The predicted molar refractivity (Wildman–Crippen MR) is 64.7 cm³/mol. The van der Waals surface area contributed by atoms with E-state index in [1.54, 1.807) is 0 Å². The van der Waals surface area contributed by atoms with Gasteiger partial charge in [0.25, 0.3) is 0 Å². The van der Waals surface area contributed by atoms with Crippen LogP contribution < -0.4 is 0 Å². The molecule has 16 heavy (non-hydrogen) atoms. The van der Waals surface area contributed by atoms with Gasteiger partial charge in [0.05, 0.1) is 18.6 Å². The molecule has 0 saturated heterocycles. The molecule has 0 saturated carbocycles. The van der Waals surface area contributed by atoms with Gasteiger partial charge in [-0.05, 0) is 34.6 Å². The summed E-state index contributed by atoms with van der Waals surface area (Å²) in [5.74, 6) is -0.748. The highest BCUT2D eigenvalue weighted by molar-refractivity contribution is 5.66. The zero-order chi connectivity index (χ0) is 12.8. The second kappa shape index (κ2) is 6.86. The fourth-order valence-electron chi connectivity index (χ4n) is 1.34. The van der Waals surface area contributed by atoms with Gasteiger partial charge in [0, 0.05) is 19.1 Å². The van der Waals surface area contributed by atoms with Crippen molar-refractivity contribution in [1.82, 2.24) is 4.90 Å². The Balaban J connectivity index is 3.90. The number of rotatable bonds is 7. The number of hydrogen-bond acceptors (Lipinski definition) is 3. The Kier molecular flexibility index (Phi) is 6.60. The summed E-state index contributed by atoms with van der Waals surface area (Å²) in [6.07, 6.45) is 0.188. The van der Waals surface area contributed by atoms with Crippen LogP contribution in [0.1, 0.15) is 41.0 Å². The summed E-state index contributed by atoms with van der Waals surface area (Å²) < 4.78 is 5.63. The van der Waals surface area contributed by atoms with Crippen LogP contribution >= 0.6 is 0 Å². The number of ether oxygens (including phenoxy) is 1. The second-order valence-electron chi connectivity index (χ2n) is 5.23. The first-order chi connectivity index (χ1) is 7.22. The number of nitrogens with zero attached hydrogens (tertiary/aromatic N) is 1. The van der Waals surface area contributed by atoms with Gasteiger partial charge in [-0.2, -0.15) is 0 Å². The Hall–Kier alpha value is -0.610. The maximum atomic E-state index is 10.5. The highest BCUT2D eigenvalue weighted by atomic mass is 16.5. The molecule has 0 heterocycles. The van der Waals surface area contributed by atoms with Crippen LogP contribution in [0.4, 0.5) is 0 Å². The molecule has 0 fully saturated rings. The molecule has 0 radical (unpaired) electrons. The van der Waals surface area contributed by atoms with Crippen molar-refractivity contribution >= 4 is 5.97 Å². The topological polar surface area (TPSA) is 49.8 Å². The normalized spacial score (nSPS) is 12.4. The van der Waals surface area contributed by atoms with Crippen molar-refractivity contribution in [2.24, 2.45) is 0 Å². The Morgan fingerprint density at radius 2 is 1.88 bits per heavy atom. The van der Waals surface area contributed by atoms with Gasteiger partial charge in [0.2, 0.25) is 0 Å². The third-order valence-corrected chi connectivity index (χ3v) is 2.26. The molecule has 0 aliphatic carbocycles. The lowest BCUT2D eigenvalue weighted by atomic mass is 10.2. The maximum Gasteiger partial charge on any atom is 0.304 e. The van der Waals surface area contributed by atoms with Crippen molar-refractivity contribution < 1.29 is 14.6 Å². The molecule has 0 bridgehead atoms. The van der Waals surface area contributed by atoms with E-state index in [1.807, 2.05) is 20.8 Å². The highest BCUT2D eigenvalue weighted by Gasteiger charge is 2.14. The van der Waals surface area contributed by atoms with Crippen LogP contribution in [0.15, 0.2) is 0 Å². The first kappa shape index (κ1) is 15.4. The first-order valence-electron chi connectivity index (χ1n) is 5.82. The SMILES string of the molecule is CC(C)N(CCOC(C)(C)C)CCC(=O)O. The van der Waals surface area contributed by atoms with Crippen molar-refractivity contribution in [3.8, 4) is 0 Å². The molecule has 0 aromatic carbocycles. The third-order valence-electron chi connectivity index (χ3n) is 2.26. The Bertz CT molecular complexity index is 209. The summed E-state index contributed by atoms with van der Waals surface area (Å²) in [5, 5.41) is 8.64. The molecular weight excluding hydrogens is 206 g/mol. The van der Waals surface area contributed by atoms with Crippen LogP contribution in [-0.4, -0.2) is 47.3 Å². The third kappa shape index (κ3) is 8.68. The molecule has 1 N–H and O–H groups in total. The largest absolute Gasteiger partial charge is 0.481 e. The summed E-state index contributed by atoms with van der Waals surface area (Å²) in [4.78, 5) is 12.6. The molecule has 0 aliphatic rings. The van der Waals surface area contributed by atoms with E-state index >= 15 is 0 Å². The number of hydrogen-bond donors (Lipinski definition) is 1. The fourth-order valence-corrected chi connectivity index (χ4v) is 1.34. The van der Waals surface area contributed by atoms with Crippen LogP contribution in [0, 0.1) is 0 Å². The minimum absolute atomic E-state index is 0.130. The number of carbonyl (C=O) groups is 1. The van der Waals surface area contributed by atoms with Crippen molar-refractivity contribution in [3.05, 3.63) is 0 Å². The standard InChI is InChI=1S/C12H25NO3/c1-10(2)13(7-6-11(14)15)8-9-16-12(3,4)5/h10H,6-9H2,1-5H3,(H,14,15). The second-order valence-corrected chi connectivity index (χ2v) is 5.23. The van der Waals surface area contributed by atoms with Crippen molar-refractivity contribution in [3.63, 3.8) is 0 Å². The lowest BCUT2D eigenvalue weighted by Crippen LogP contribution is -2.37. The van der Waals surface area contributed by atoms with Gasteiger partial charge < -0.3 is 9.84 Å². The molecule has 0 amide bonds. The number of carboxylic acids is 1. The van der Waals surface area contributed by atoms with E-state index in [4.69, 9.17) is 9.84 Å². The molecule has 0 atom stereocenters. The molecule has 4 heteroatoms. The minimum atomic E-state index is -0.748. The maximum absolute atomic E-state index is 10.5. The van der Waals surface area contributed by atoms with Crippen LogP contribution in [0.5, 0.6) is 0 Å². The van der Waals surface area contributed by atoms with E-state index in [0.717, 1.165) is 6.54 Å². The minimum Gasteiger partial charge on any atom is -0.481 e. The molecule has 96 valence electrons. The van der Waals surface area contributed by atoms with Crippen molar-refractivity contribution in [1.29, 1.82) is 0 Å². The zero-order valence-corrected chi connectivity index (χ0v) is 11.1. The predicted octanol–water partition coefficient (Wildman–Crippen LogP) is 1.99. The van der Waals surface area contributed by atoms with Gasteiger partial charge in [0.15, 0.2) is 0 Å². The highest BCUT2D eigenvalue weighted by Crippen LogP contribution is 2.07. The lowest BCUT2D eigenvalue weighted by molar-refractivity contribution is -0.137. The molecular formula is C12H25NO3. The van der Waals surface area contributed by atoms with Crippen LogP contribution in [0.25, 0.3) is 0 Å². The molecule has 0 unspecified atom stereocenters. The summed E-state index contributed by atoms with van der Waals surface area (Å²) in [7, 11) is 0. The molecule has 0 aliphatic heterocycles. The summed E-state index contributed by atoms with van der Waals surface area (Å²) in [5.41, 5.74) is -0.130. The first-order valence-corrected chi connectivity index (χ1v) is 5.82. The van der Waals surface area contributed by atoms with E-state index in [9.17, 15) is 4.79 Å². The van der Waals surface area contributed by atoms with Gasteiger partial charge in [-0.25, -0.2) is 0 Å². The number of carboxylic acid groups (broad SMARTS) is 1. The van der Waals surface area contributed by atoms with Crippen molar-refractivity contribution in [2.45, 2.75) is 52.7 Å². The average Bonchev–Trinajstić information content (AvgIpc) is 2.07. The van der Waals surface area contributed by atoms with E-state index in [1.165, 1.54) is 0 Å². The van der Waals surface area contributed by atoms with E-state index < -0.39 is 5.97 Å². The van der Waals surface area contributed by atoms with E-state index in [2.05, 4.69) is 18.7 Å². The Morgan fingerprint density at radius 1 is 1.31 bits per heavy atom. The summed E-state index contributed by atoms with van der Waals surface area (Å²) in [6.45, 7) is 12.2. The summed E-state index contributed by atoms with van der Waals surface area (Å²) >= 11 is 0. The van der Waals surface area contributed by atoms with Crippen LogP contribution in [-0.2, 0) is 9.53 Å². The number of aliphatic carboxylic acids is 1. The quantitative estimate of drug-likeness (QED) is 0.728.